The number of carbonyl (C=O) groups excluding carboxylic acids is 2. The van der Waals surface area contributed by atoms with Gasteiger partial charge in [-0.3, -0.25) is 14.5 Å². The average Bonchev–Trinajstić information content (AvgIpc) is 3.45. The first kappa shape index (κ1) is 22.4. The lowest BCUT2D eigenvalue weighted by Crippen LogP contribution is -2.29. The Bertz CT molecular complexity index is 1220. The van der Waals surface area contributed by atoms with Gasteiger partial charge in [0.15, 0.2) is 0 Å². The first-order valence-electron chi connectivity index (χ1n) is 10.3. The highest BCUT2D eigenvalue weighted by Crippen LogP contribution is 2.45. The molecule has 1 N–H and O–H groups in total. The standard InChI is InChI=1S/C25H23NO6S/c1-4-32-17-8-5-7-15(13-17)26-22(20-9-6-12-33-20)21(24(28)25(26)29)23(27)18-14-16(30-2)10-11-19(18)31-3/h5-14,22,27H,4H2,1-3H3/b23-21-. The number of benzene rings is 2. The summed E-state index contributed by atoms with van der Waals surface area (Å²) in [6.45, 7) is 2.33. The van der Waals surface area contributed by atoms with E-state index < -0.39 is 17.7 Å². The van der Waals surface area contributed by atoms with Gasteiger partial charge >= 0.3 is 0 Å². The van der Waals surface area contributed by atoms with E-state index in [4.69, 9.17) is 14.2 Å². The molecule has 170 valence electrons. The van der Waals surface area contributed by atoms with Gasteiger partial charge in [0.2, 0.25) is 0 Å². The summed E-state index contributed by atoms with van der Waals surface area (Å²) in [6, 6.07) is 14.7. The molecule has 1 aliphatic heterocycles. The van der Waals surface area contributed by atoms with E-state index in [1.165, 1.54) is 30.5 Å². The van der Waals surface area contributed by atoms with E-state index in [9.17, 15) is 14.7 Å². The maximum absolute atomic E-state index is 13.3. The van der Waals surface area contributed by atoms with Crippen LogP contribution in [0.15, 0.2) is 65.6 Å². The van der Waals surface area contributed by atoms with Crippen molar-refractivity contribution in [2.24, 2.45) is 0 Å². The predicted octanol–water partition coefficient (Wildman–Crippen LogP) is 4.79. The van der Waals surface area contributed by atoms with Crippen molar-refractivity contribution in [1.29, 1.82) is 0 Å². The van der Waals surface area contributed by atoms with Gasteiger partial charge in [0, 0.05) is 16.6 Å². The van der Waals surface area contributed by atoms with Crippen LogP contribution in [0.3, 0.4) is 0 Å². The summed E-state index contributed by atoms with van der Waals surface area (Å²) in [4.78, 5) is 28.6. The number of aliphatic hydroxyl groups excluding tert-OH is 1. The number of methoxy groups -OCH3 is 2. The van der Waals surface area contributed by atoms with E-state index in [0.29, 0.717) is 29.5 Å². The molecule has 33 heavy (non-hydrogen) atoms. The van der Waals surface area contributed by atoms with Crippen molar-refractivity contribution < 1.29 is 28.9 Å². The zero-order valence-corrected chi connectivity index (χ0v) is 19.2. The molecule has 0 radical (unpaired) electrons. The van der Waals surface area contributed by atoms with Gasteiger partial charge in [-0.05, 0) is 48.7 Å². The number of hydrogen-bond acceptors (Lipinski definition) is 7. The van der Waals surface area contributed by atoms with Crippen LogP contribution in [0.25, 0.3) is 5.76 Å². The third kappa shape index (κ3) is 4.05. The fourth-order valence-corrected chi connectivity index (χ4v) is 4.67. The number of Topliss-reactive ketones (excluding diaryl/α,β-unsaturated/α-hetero) is 1. The van der Waals surface area contributed by atoms with Crippen molar-refractivity contribution in [2.75, 3.05) is 25.7 Å². The molecule has 4 rings (SSSR count). The van der Waals surface area contributed by atoms with Crippen LogP contribution in [0, 0.1) is 0 Å². The van der Waals surface area contributed by atoms with E-state index in [0.717, 1.165) is 4.88 Å². The van der Waals surface area contributed by atoms with Crippen molar-refractivity contribution in [1.82, 2.24) is 0 Å². The molecular formula is C25H23NO6S. The van der Waals surface area contributed by atoms with Crippen LogP contribution < -0.4 is 19.1 Å². The molecule has 1 atom stereocenters. The summed E-state index contributed by atoms with van der Waals surface area (Å²) in [5.41, 5.74) is 0.744. The maximum atomic E-state index is 13.3. The largest absolute Gasteiger partial charge is 0.507 e. The van der Waals surface area contributed by atoms with Crippen LogP contribution in [0.2, 0.25) is 0 Å². The van der Waals surface area contributed by atoms with Gasteiger partial charge in [-0.25, -0.2) is 0 Å². The number of anilines is 1. The fraction of sp³-hybridized carbons (Fsp3) is 0.200. The Morgan fingerprint density at radius 1 is 1.03 bits per heavy atom. The van der Waals surface area contributed by atoms with Crippen LogP contribution >= 0.6 is 11.3 Å². The molecule has 1 unspecified atom stereocenters. The van der Waals surface area contributed by atoms with Crippen LogP contribution in [0.1, 0.15) is 23.4 Å². The normalized spacial score (nSPS) is 17.3. The van der Waals surface area contributed by atoms with Gasteiger partial charge in [0.05, 0.1) is 32.0 Å². The summed E-state index contributed by atoms with van der Waals surface area (Å²) in [6.07, 6.45) is 0. The number of carbonyl (C=O) groups is 2. The number of amides is 1. The highest BCUT2D eigenvalue weighted by atomic mass is 32.1. The first-order chi connectivity index (χ1) is 16.0. The molecule has 1 aromatic heterocycles. The molecular weight excluding hydrogens is 442 g/mol. The zero-order valence-electron chi connectivity index (χ0n) is 18.4. The summed E-state index contributed by atoms with van der Waals surface area (Å²) in [5.74, 6) is -0.434. The van der Waals surface area contributed by atoms with E-state index in [1.807, 2.05) is 24.4 Å². The van der Waals surface area contributed by atoms with Gasteiger partial charge in [-0.1, -0.05) is 12.1 Å². The van der Waals surface area contributed by atoms with Crippen LogP contribution in [0.5, 0.6) is 17.2 Å². The molecule has 0 spiro atoms. The molecule has 2 heterocycles. The minimum atomic E-state index is -0.808. The summed E-state index contributed by atoms with van der Waals surface area (Å²) in [7, 11) is 2.97. The number of ether oxygens (including phenoxy) is 3. The summed E-state index contributed by atoms with van der Waals surface area (Å²) >= 11 is 1.39. The van der Waals surface area contributed by atoms with Gasteiger partial charge in [-0.15, -0.1) is 11.3 Å². The predicted molar refractivity (Wildman–Crippen MR) is 126 cm³/mol. The highest BCUT2D eigenvalue weighted by Gasteiger charge is 2.47. The molecule has 1 saturated heterocycles. The van der Waals surface area contributed by atoms with Crippen LogP contribution in [0.4, 0.5) is 5.69 Å². The SMILES string of the molecule is CCOc1cccc(N2C(=O)C(=O)/C(=C(\O)c3cc(OC)ccc3OC)C2c2cccs2)c1. The molecule has 3 aromatic rings. The molecule has 0 bridgehead atoms. The lowest BCUT2D eigenvalue weighted by atomic mass is 9.99. The molecule has 1 amide bonds. The van der Waals surface area contributed by atoms with Crippen molar-refractivity contribution in [3.63, 3.8) is 0 Å². The first-order valence-corrected chi connectivity index (χ1v) is 11.2. The highest BCUT2D eigenvalue weighted by molar-refractivity contribution is 7.10. The third-order valence-electron chi connectivity index (χ3n) is 5.33. The quantitative estimate of drug-likeness (QED) is 0.307. The molecule has 2 aromatic carbocycles. The average molecular weight is 466 g/mol. The second-order valence-corrected chi connectivity index (χ2v) is 8.16. The molecule has 1 aliphatic rings. The maximum Gasteiger partial charge on any atom is 0.300 e. The number of rotatable bonds is 7. The van der Waals surface area contributed by atoms with Gasteiger partial charge < -0.3 is 19.3 Å². The van der Waals surface area contributed by atoms with E-state index in [2.05, 4.69) is 0 Å². The molecule has 0 saturated carbocycles. The third-order valence-corrected chi connectivity index (χ3v) is 6.25. The number of thiophene rings is 1. The summed E-state index contributed by atoms with van der Waals surface area (Å²) in [5, 5.41) is 13.2. The van der Waals surface area contributed by atoms with Gasteiger partial charge in [-0.2, -0.15) is 0 Å². The monoisotopic (exact) mass is 465 g/mol. The second-order valence-electron chi connectivity index (χ2n) is 7.18. The molecule has 1 fully saturated rings. The zero-order chi connectivity index (χ0) is 23.5. The Balaban J connectivity index is 1.93. The van der Waals surface area contributed by atoms with E-state index >= 15 is 0 Å². The Labute approximate surface area is 195 Å². The van der Waals surface area contributed by atoms with Gasteiger partial charge in [0.25, 0.3) is 11.7 Å². The summed E-state index contributed by atoms with van der Waals surface area (Å²) < 4.78 is 16.3. The second kappa shape index (κ2) is 9.38. The van der Waals surface area contributed by atoms with Crippen molar-refractivity contribution in [3.8, 4) is 17.2 Å². The van der Waals surface area contributed by atoms with Crippen molar-refractivity contribution in [3.05, 3.63) is 76.0 Å². The van der Waals surface area contributed by atoms with Crippen molar-refractivity contribution in [2.45, 2.75) is 13.0 Å². The van der Waals surface area contributed by atoms with Crippen LogP contribution in [-0.4, -0.2) is 37.6 Å². The minimum absolute atomic E-state index is 0.0178. The lowest BCUT2D eigenvalue weighted by Gasteiger charge is -2.24. The van der Waals surface area contributed by atoms with E-state index in [1.54, 1.807) is 42.5 Å². The molecule has 7 nitrogen and oxygen atoms in total. The smallest absolute Gasteiger partial charge is 0.300 e. The number of ketones is 1. The Morgan fingerprint density at radius 3 is 2.52 bits per heavy atom. The number of aliphatic hydroxyl groups is 1. The fourth-order valence-electron chi connectivity index (χ4n) is 3.85. The molecule has 0 aliphatic carbocycles. The van der Waals surface area contributed by atoms with E-state index in [-0.39, 0.29) is 16.9 Å². The van der Waals surface area contributed by atoms with Gasteiger partial charge in [0.1, 0.15) is 29.0 Å². The lowest BCUT2D eigenvalue weighted by molar-refractivity contribution is -0.132. The Morgan fingerprint density at radius 2 is 1.85 bits per heavy atom. The Hall–Kier alpha value is -3.78. The van der Waals surface area contributed by atoms with Crippen molar-refractivity contribution >= 4 is 34.5 Å². The number of nitrogens with zero attached hydrogens (tertiary/aromatic N) is 1. The Kier molecular flexibility index (Phi) is 6.37. The minimum Gasteiger partial charge on any atom is -0.507 e. The molecule has 8 heteroatoms. The van der Waals surface area contributed by atoms with Crippen LogP contribution in [-0.2, 0) is 9.59 Å². The topological polar surface area (TPSA) is 85.3 Å². The number of hydrogen-bond donors (Lipinski definition) is 1.